The van der Waals surface area contributed by atoms with E-state index in [9.17, 15) is 19.2 Å². The van der Waals surface area contributed by atoms with E-state index < -0.39 is 24.5 Å². The van der Waals surface area contributed by atoms with Gasteiger partial charge in [0.1, 0.15) is 5.75 Å². The number of ether oxygens (including phenoxy) is 3. The maximum absolute atomic E-state index is 11.4. The number of para-hydroxylation sites is 1. The van der Waals surface area contributed by atoms with Crippen molar-refractivity contribution in [3.05, 3.63) is 42.0 Å². The van der Waals surface area contributed by atoms with E-state index in [-0.39, 0.29) is 11.3 Å². The van der Waals surface area contributed by atoms with Gasteiger partial charge < -0.3 is 14.2 Å². The molecule has 0 aliphatic carbocycles. The van der Waals surface area contributed by atoms with Gasteiger partial charge >= 0.3 is 17.9 Å². The van der Waals surface area contributed by atoms with E-state index >= 15 is 0 Å². The van der Waals surface area contributed by atoms with Crippen molar-refractivity contribution in [2.24, 2.45) is 0 Å². The average Bonchev–Trinajstić information content (AvgIpc) is 2.51. The van der Waals surface area contributed by atoms with E-state index in [0.29, 0.717) is 6.29 Å². The highest BCUT2D eigenvalue weighted by Crippen LogP contribution is 2.15. The number of hydrogen-bond donors (Lipinski definition) is 0. The molecule has 0 bridgehead atoms. The normalized spacial score (nSPS) is 9.95. The van der Waals surface area contributed by atoms with Crippen molar-refractivity contribution in [3.63, 3.8) is 0 Å². The molecule has 7 nitrogen and oxygen atoms in total. The third-order valence-corrected chi connectivity index (χ3v) is 2.16. The Balaban J connectivity index is 2.48. The van der Waals surface area contributed by atoms with Crippen molar-refractivity contribution < 1.29 is 33.4 Å². The van der Waals surface area contributed by atoms with Crippen LogP contribution in [0.25, 0.3) is 0 Å². The molecule has 1 aromatic rings. The van der Waals surface area contributed by atoms with Gasteiger partial charge in [-0.3, -0.25) is 4.79 Å². The Morgan fingerprint density at radius 2 is 1.76 bits per heavy atom. The quantitative estimate of drug-likeness (QED) is 0.329. The van der Waals surface area contributed by atoms with Crippen molar-refractivity contribution in [1.82, 2.24) is 0 Å². The third kappa shape index (κ3) is 5.68. The summed E-state index contributed by atoms with van der Waals surface area (Å²) in [4.78, 5) is 44.1. The van der Waals surface area contributed by atoms with Gasteiger partial charge in [0.15, 0.2) is 12.9 Å². The maximum Gasteiger partial charge on any atom is 0.349 e. The Hall–Kier alpha value is -2.96. The van der Waals surface area contributed by atoms with Crippen LogP contribution in [0, 0.1) is 0 Å². The number of carbonyl (C=O) groups is 4. The summed E-state index contributed by atoms with van der Waals surface area (Å²) < 4.78 is 13.7. The lowest BCUT2D eigenvalue weighted by atomic mass is 10.2. The molecule has 21 heavy (non-hydrogen) atoms. The second kappa shape index (κ2) is 8.26. The van der Waals surface area contributed by atoms with Gasteiger partial charge in [0.2, 0.25) is 0 Å². The Bertz CT molecular complexity index is 574. The van der Waals surface area contributed by atoms with Crippen LogP contribution >= 0.6 is 0 Å². The molecule has 0 saturated carbocycles. The monoisotopic (exact) mass is 292 g/mol. The molecule has 0 aliphatic rings. The predicted molar refractivity (Wildman–Crippen MR) is 69.6 cm³/mol. The molecule has 0 aliphatic heterocycles. The van der Waals surface area contributed by atoms with Crippen molar-refractivity contribution in [3.8, 4) is 5.75 Å². The lowest BCUT2D eigenvalue weighted by Crippen LogP contribution is -2.18. The number of aldehydes is 1. The summed E-state index contributed by atoms with van der Waals surface area (Å²) in [5.74, 6) is -2.42. The average molecular weight is 292 g/mol. The molecule has 0 spiro atoms. The molecule has 0 heterocycles. The van der Waals surface area contributed by atoms with Crippen LogP contribution in [0.4, 0.5) is 0 Å². The number of esters is 3. The smallest absolute Gasteiger partial charge is 0.349 e. The zero-order chi connectivity index (χ0) is 15.7. The molecule has 0 fully saturated rings. The fourth-order valence-electron chi connectivity index (χ4n) is 1.21. The van der Waals surface area contributed by atoms with Gasteiger partial charge in [0.05, 0.1) is 12.7 Å². The molecule has 1 aromatic carbocycles. The van der Waals surface area contributed by atoms with E-state index in [4.69, 9.17) is 4.74 Å². The topological polar surface area (TPSA) is 96.0 Å². The van der Waals surface area contributed by atoms with Crippen LogP contribution in [-0.2, 0) is 23.9 Å². The summed E-state index contributed by atoms with van der Waals surface area (Å²) in [7, 11) is 1.15. The highest BCUT2D eigenvalue weighted by Gasteiger charge is 2.10. The molecule has 0 atom stereocenters. The van der Waals surface area contributed by atoms with Crippen molar-refractivity contribution in [1.29, 1.82) is 0 Å². The minimum absolute atomic E-state index is 0.0682. The van der Waals surface area contributed by atoms with Crippen LogP contribution in [0.1, 0.15) is 10.4 Å². The highest BCUT2D eigenvalue weighted by atomic mass is 16.6. The Morgan fingerprint density at radius 3 is 2.43 bits per heavy atom. The summed E-state index contributed by atoms with van der Waals surface area (Å²) in [6, 6.07) is 6.10. The SMILES string of the molecule is COC(=O)/C=C/C(=O)OCC(=O)Oc1ccccc1C=O. The molecule has 1 rings (SSSR count). The van der Waals surface area contributed by atoms with Crippen molar-refractivity contribution >= 4 is 24.2 Å². The van der Waals surface area contributed by atoms with Gasteiger partial charge in [-0.2, -0.15) is 0 Å². The molecule has 0 N–H and O–H groups in total. The first-order chi connectivity index (χ1) is 10.1. The summed E-state index contributed by atoms with van der Waals surface area (Å²) in [6.07, 6.45) is 2.21. The summed E-state index contributed by atoms with van der Waals surface area (Å²) in [5, 5.41) is 0. The fraction of sp³-hybridized carbons (Fsp3) is 0.143. The Labute approximate surface area is 120 Å². The van der Waals surface area contributed by atoms with Gasteiger partial charge in [0.25, 0.3) is 0 Å². The van der Waals surface area contributed by atoms with E-state index in [0.717, 1.165) is 19.3 Å². The number of benzene rings is 1. The second-order valence-electron chi connectivity index (χ2n) is 3.59. The minimum atomic E-state index is -0.902. The Morgan fingerprint density at radius 1 is 1.10 bits per heavy atom. The number of rotatable bonds is 6. The van der Waals surface area contributed by atoms with Gasteiger partial charge in [-0.05, 0) is 12.1 Å². The fourth-order valence-corrected chi connectivity index (χ4v) is 1.21. The number of carbonyl (C=O) groups excluding carboxylic acids is 4. The second-order valence-corrected chi connectivity index (χ2v) is 3.59. The summed E-state index contributed by atoms with van der Waals surface area (Å²) in [5.41, 5.74) is 0.197. The molecular formula is C14H12O7. The Kier molecular flexibility index (Phi) is 6.33. The van der Waals surface area contributed by atoms with Crippen molar-refractivity contribution in [2.45, 2.75) is 0 Å². The molecule has 0 saturated heterocycles. The minimum Gasteiger partial charge on any atom is -0.466 e. The van der Waals surface area contributed by atoms with Gasteiger partial charge in [-0.25, -0.2) is 14.4 Å². The van der Waals surface area contributed by atoms with E-state index in [2.05, 4.69) is 9.47 Å². The van der Waals surface area contributed by atoms with E-state index in [1.807, 2.05) is 0 Å². The van der Waals surface area contributed by atoms with Crippen LogP contribution in [0.2, 0.25) is 0 Å². The largest absolute Gasteiger partial charge is 0.466 e. The first-order valence-electron chi connectivity index (χ1n) is 5.74. The van der Waals surface area contributed by atoms with Gasteiger partial charge in [-0.1, -0.05) is 12.1 Å². The van der Waals surface area contributed by atoms with E-state index in [1.54, 1.807) is 12.1 Å². The first-order valence-corrected chi connectivity index (χ1v) is 5.74. The van der Waals surface area contributed by atoms with Crippen LogP contribution in [0.5, 0.6) is 5.75 Å². The number of methoxy groups -OCH3 is 1. The van der Waals surface area contributed by atoms with Crippen LogP contribution in [-0.4, -0.2) is 37.9 Å². The summed E-state index contributed by atoms with van der Waals surface area (Å²) >= 11 is 0. The van der Waals surface area contributed by atoms with Crippen molar-refractivity contribution in [2.75, 3.05) is 13.7 Å². The summed E-state index contributed by atoms with van der Waals surface area (Å²) in [6.45, 7) is -0.655. The molecular weight excluding hydrogens is 280 g/mol. The lowest BCUT2D eigenvalue weighted by Gasteiger charge is -2.06. The van der Waals surface area contributed by atoms with Gasteiger partial charge in [0, 0.05) is 12.2 Å². The van der Waals surface area contributed by atoms with Crippen LogP contribution < -0.4 is 4.74 Å². The number of hydrogen-bond acceptors (Lipinski definition) is 7. The van der Waals surface area contributed by atoms with Crippen LogP contribution in [0.15, 0.2) is 36.4 Å². The molecule has 7 heteroatoms. The zero-order valence-corrected chi connectivity index (χ0v) is 11.1. The third-order valence-electron chi connectivity index (χ3n) is 2.16. The molecule has 0 unspecified atom stereocenters. The standard InChI is InChI=1S/C14H12O7/c1-19-12(16)6-7-13(17)20-9-14(18)21-11-5-3-2-4-10(11)8-15/h2-8H,9H2,1H3/b7-6+. The molecule has 0 aromatic heterocycles. The predicted octanol–water partition coefficient (Wildman–Crippen LogP) is 0.677. The van der Waals surface area contributed by atoms with Gasteiger partial charge in [-0.15, -0.1) is 0 Å². The highest BCUT2D eigenvalue weighted by molar-refractivity contribution is 5.92. The first kappa shape index (κ1) is 16.1. The van der Waals surface area contributed by atoms with Crippen LogP contribution in [0.3, 0.4) is 0 Å². The maximum atomic E-state index is 11.4. The molecule has 110 valence electrons. The lowest BCUT2D eigenvalue weighted by molar-refractivity contribution is -0.150. The zero-order valence-electron chi connectivity index (χ0n) is 11.1. The molecule has 0 amide bonds. The molecule has 0 radical (unpaired) electrons. The van der Waals surface area contributed by atoms with E-state index in [1.165, 1.54) is 12.1 Å².